The van der Waals surface area contributed by atoms with Gasteiger partial charge in [-0.3, -0.25) is 9.78 Å². The quantitative estimate of drug-likeness (QED) is 0.820. The Balaban J connectivity index is 2.47. The van der Waals surface area contributed by atoms with Gasteiger partial charge in [0, 0.05) is 17.1 Å². The number of benzene rings is 1. The fraction of sp³-hybridized carbons (Fsp3) is 0.286. The number of rotatable bonds is 3. The van der Waals surface area contributed by atoms with E-state index in [1.807, 2.05) is 44.2 Å². The van der Waals surface area contributed by atoms with Crippen LogP contribution in [0.3, 0.4) is 0 Å². The Morgan fingerprint density at radius 3 is 2.76 bits per heavy atom. The van der Waals surface area contributed by atoms with Crippen molar-refractivity contribution in [1.29, 1.82) is 0 Å². The molecule has 1 heterocycles. The maximum absolute atomic E-state index is 12.3. The van der Waals surface area contributed by atoms with Gasteiger partial charge in [-0.05, 0) is 45.2 Å². The maximum Gasteiger partial charge on any atom is 0.182 e. The highest BCUT2D eigenvalue weighted by atomic mass is 16.1. The van der Waals surface area contributed by atoms with Crippen LogP contribution < -0.4 is 5.32 Å². The molecule has 0 aliphatic heterocycles. The summed E-state index contributed by atoms with van der Waals surface area (Å²) in [5.41, 5.74) is 1.08. The molecule has 0 saturated carbocycles. The fourth-order valence-corrected chi connectivity index (χ4v) is 1.69. The summed E-state index contributed by atoms with van der Waals surface area (Å²) < 4.78 is 0. The molecule has 0 saturated heterocycles. The van der Waals surface area contributed by atoms with E-state index in [0.29, 0.717) is 5.56 Å². The molecule has 0 bridgehead atoms. The third-order valence-corrected chi connectivity index (χ3v) is 3.06. The number of Topliss-reactive ketones (excluding diaryl/α,β-unsaturated/α-hetero) is 1. The van der Waals surface area contributed by atoms with Crippen LogP contribution in [0.25, 0.3) is 10.9 Å². The van der Waals surface area contributed by atoms with Crippen LogP contribution in [0, 0.1) is 0 Å². The van der Waals surface area contributed by atoms with Crippen LogP contribution in [0.4, 0.5) is 0 Å². The molecule has 0 aliphatic rings. The molecule has 2 rings (SSSR count). The van der Waals surface area contributed by atoms with Crippen LogP contribution in [0.15, 0.2) is 36.5 Å². The van der Waals surface area contributed by atoms with E-state index in [9.17, 15) is 4.79 Å². The predicted molar refractivity (Wildman–Crippen MR) is 69.2 cm³/mol. The van der Waals surface area contributed by atoms with Gasteiger partial charge in [-0.2, -0.15) is 0 Å². The Morgan fingerprint density at radius 2 is 2.06 bits per heavy atom. The van der Waals surface area contributed by atoms with E-state index < -0.39 is 5.54 Å². The van der Waals surface area contributed by atoms with E-state index >= 15 is 0 Å². The number of pyridine rings is 1. The monoisotopic (exact) mass is 228 g/mol. The highest BCUT2D eigenvalue weighted by Crippen LogP contribution is 2.17. The normalized spacial score (nSPS) is 11.7. The second-order valence-corrected chi connectivity index (χ2v) is 4.62. The number of carbonyl (C=O) groups is 1. The Labute approximate surface area is 101 Å². The Kier molecular flexibility index (Phi) is 2.94. The van der Waals surface area contributed by atoms with Crippen LogP contribution >= 0.6 is 0 Å². The van der Waals surface area contributed by atoms with E-state index in [1.165, 1.54) is 0 Å². The molecular formula is C14H16N2O. The summed E-state index contributed by atoms with van der Waals surface area (Å²) in [6.45, 7) is 3.76. The van der Waals surface area contributed by atoms with Crippen LogP contribution in [0.2, 0.25) is 0 Å². The molecule has 3 heteroatoms. The molecule has 0 atom stereocenters. The summed E-state index contributed by atoms with van der Waals surface area (Å²) in [6, 6.07) is 9.44. The lowest BCUT2D eigenvalue weighted by molar-refractivity contribution is 0.0890. The maximum atomic E-state index is 12.3. The number of aromatic nitrogens is 1. The van der Waals surface area contributed by atoms with Gasteiger partial charge in [0.15, 0.2) is 5.78 Å². The number of fused-ring (bicyclic) bond motifs is 1. The molecule has 1 N–H and O–H groups in total. The minimum absolute atomic E-state index is 0.0887. The van der Waals surface area contributed by atoms with Crippen molar-refractivity contribution in [2.24, 2.45) is 0 Å². The highest BCUT2D eigenvalue weighted by Gasteiger charge is 2.26. The molecule has 17 heavy (non-hydrogen) atoms. The first kappa shape index (κ1) is 11.7. The van der Waals surface area contributed by atoms with E-state index in [2.05, 4.69) is 10.3 Å². The zero-order valence-corrected chi connectivity index (χ0v) is 10.3. The van der Waals surface area contributed by atoms with Gasteiger partial charge in [0.1, 0.15) is 0 Å². The van der Waals surface area contributed by atoms with Crippen LogP contribution in [0.5, 0.6) is 0 Å². The van der Waals surface area contributed by atoms with Gasteiger partial charge in [0.2, 0.25) is 0 Å². The zero-order chi connectivity index (χ0) is 12.5. The lowest BCUT2D eigenvalue weighted by Crippen LogP contribution is -2.44. The van der Waals surface area contributed by atoms with Gasteiger partial charge in [0.25, 0.3) is 0 Å². The smallest absolute Gasteiger partial charge is 0.182 e. The highest BCUT2D eigenvalue weighted by molar-refractivity contribution is 6.04. The number of nitrogens with zero attached hydrogens (tertiary/aromatic N) is 1. The minimum atomic E-state index is -0.546. The van der Waals surface area contributed by atoms with Gasteiger partial charge in [-0.25, -0.2) is 0 Å². The number of ketones is 1. The largest absolute Gasteiger partial charge is 0.308 e. The first-order valence-electron chi connectivity index (χ1n) is 5.63. The molecule has 0 radical (unpaired) electrons. The molecule has 0 fully saturated rings. The predicted octanol–water partition coefficient (Wildman–Crippen LogP) is 2.42. The van der Waals surface area contributed by atoms with Crippen molar-refractivity contribution in [3.05, 3.63) is 42.1 Å². The number of hydrogen-bond acceptors (Lipinski definition) is 3. The summed E-state index contributed by atoms with van der Waals surface area (Å²) in [5, 5.41) is 4.01. The Morgan fingerprint density at radius 1 is 1.29 bits per heavy atom. The van der Waals surface area contributed by atoms with Gasteiger partial charge in [-0.15, -0.1) is 0 Å². The van der Waals surface area contributed by atoms with Gasteiger partial charge >= 0.3 is 0 Å². The lowest BCUT2D eigenvalue weighted by Gasteiger charge is -2.22. The summed E-state index contributed by atoms with van der Waals surface area (Å²) >= 11 is 0. The van der Waals surface area contributed by atoms with Crippen molar-refractivity contribution in [3.8, 4) is 0 Å². The van der Waals surface area contributed by atoms with Crippen molar-refractivity contribution in [3.63, 3.8) is 0 Å². The number of likely N-dealkylation sites (N-methyl/N-ethyl adjacent to an activating group) is 1. The second-order valence-electron chi connectivity index (χ2n) is 4.62. The van der Waals surface area contributed by atoms with Gasteiger partial charge < -0.3 is 5.32 Å². The first-order valence-corrected chi connectivity index (χ1v) is 5.63. The summed E-state index contributed by atoms with van der Waals surface area (Å²) in [4.78, 5) is 16.5. The Hall–Kier alpha value is -1.74. The number of carbonyl (C=O) groups excluding carboxylic acids is 1. The lowest BCUT2D eigenvalue weighted by atomic mass is 9.93. The molecule has 0 spiro atoms. The van der Waals surface area contributed by atoms with Crippen molar-refractivity contribution < 1.29 is 4.79 Å². The van der Waals surface area contributed by atoms with E-state index in [-0.39, 0.29) is 5.78 Å². The van der Waals surface area contributed by atoms with E-state index in [0.717, 1.165) is 10.9 Å². The standard InChI is InChI=1S/C14H16N2O/c1-14(2,15-3)13(17)11-6-7-12-10(9-11)5-4-8-16-12/h4-9,15H,1-3H3. The van der Waals surface area contributed by atoms with E-state index in [1.54, 1.807) is 13.2 Å². The molecule has 2 aromatic rings. The zero-order valence-electron chi connectivity index (χ0n) is 10.3. The molecule has 0 unspecified atom stereocenters. The summed E-state index contributed by atoms with van der Waals surface area (Å²) in [6.07, 6.45) is 1.75. The average Bonchev–Trinajstić information content (AvgIpc) is 2.37. The van der Waals surface area contributed by atoms with Crippen molar-refractivity contribution in [2.75, 3.05) is 7.05 Å². The molecule has 0 amide bonds. The summed E-state index contributed by atoms with van der Waals surface area (Å²) in [5.74, 6) is 0.0887. The topological polar surface area (TPSA) is 42.0 Å². The molecule has 88 valence electrons. The SMILES string of the molecule is CNC(C)(C)C(=O)c1ccc2ncccc2c1. The summed E-state index contributed by atoms with van der Waals surface area (Å²) in [7, 11) is 1.79. The first-order chi connectivity index (χ1) is 8.04. The third-order valence-electron chi connectivity index (χ3n) is 3.06. The Bertz CT molecular complexity index is 561. The molecule has 1 aromatic carbocycles. The number of hydrogen-bond donors (Lipinski definition) is 1. The molecule has 1 aromatic heterocycles. The van der Waals surface area contributed by atoms with Gasteiger partial charge in [-0.1, -0.05) is 6.07 Å². The molecular weight excluding hydrogens is 212 g/mol. The second kappa shape index (κ2) is 4.26. The third kappa shape index (κ3) is 2.19. The average molecular weight is 228 g/mol. The number of nitrogens with one attached hydrogen (secondary N) is 1. The van der Waals surface area contributed by atoms with Gasteiger partial charge in [0.05, 0.1) is 11.1 Å². The van der Waals surface area contributed by atoms with Crippen LogP contribution in [-0.2, 0) is 0 Å². The molecule has 3 nitrogen and oxygen atoms in total. The van der Waals surface area contributed by atoms with Crippen LogP contribution in [-0.4, -0.2) is 23.4 Å². The van der Waals surface area contributed by atoms with E-state index in [4.69, 9.17) is 0 Å². The fourth-order valence-electron chi connectivity index (χ4n) is 1.69. The van der Waals surface area contributed by atoms with Crippen molar-refractivity contribution >= 4 is 16.7 Å². The van der Waals surface area contributed by atoms with Crippen molar-refractivity contribution in [2.45, 2.75) is 19.4 Å². The molecule has 0 aliphatic carbocycles. The minimum Gasteiger partial charge on any atom is -0.308 e. The van der Waals surface area contributed by atoms with Crippen molar-refractivity contribution in [1.82, 2.24) is 10.3 Å². The van der Waals surface area contributed by atoms with Crippen LogP contribution in [0.1, 0.15) is 24.2 Å².